The van der Waals surface area contributed by atoms with E-state index >= 15 is 0 Å². The number of hydrogen-bond donors (Lipinski definition) is 1. The number of carbonyl (C=O) groups is 1. The summed E-state index contributed by atoms with van der Waals surface area (Å²) in [5.74, 6) is 0.285. The summed E-state index contributed by atoms with van der Waals surface area (Å²) in [5, 5.41) is 2.93. The van der Waals surface area contributed by atoms with Gasteiger partial charge in [-0.3, -0.25) is 13.9 Å². The molecule has 0 bridgehead atoms. The van der Waals surface area contributed by atoms with E-state index in [1.54, 1.807) is 9.13 Å². The fraction of sp³-hybridized carbons (Fsp3) is 0.300. The standard InChI is InChI=1S/C20H23N3O2S/c1-4-22-17-11-8-15(12-18(17)23(5-2)20(22)25)21-19(24)13-26-16-9-6-14(3)7-10-16/h6-12H,4-5,13H2,1-3H3,(H,21,24). The molecule has 1 amide bonds. The molecule has 1 aromatic heterocycles. The number of fused-ring (bicyclic) bond motifs is 1. The molecule has 5 nitrogen and oxygen atoms in total. The molecule has 0 aliphatic heterocycles. The second-order valence-electron chi connectivity index (χ2n) is 6.12. The van der Waals surface area contributed by atoms with Gasteiger partial charge in [-0.15, -0.1) is 11.8 Å². The first-order valence-corrected chi connectivity index (χ1v) is 9.74. The van der Waals surface area contributed by atoms with Crippen molar-refractivity contribution in [3.63, 3.8) is 0 Å². The predicted molar refractivity (Wildman–Crippen MR) is 108 cm³/mol. The minimum absolute atomic E-state index is 0.0107. The van der Waals surface area contributed by atoms with Crippen LogP contribution in [0.15, 0.2) is 52.2 Å². The highest BCUT2D eigenvalue weighted by Gasteiger charge is 2.12. The van der Waals surface area contributed by atoms with Gasteiger partial charge in [0, 0.05) is 23.7 Å². The lowest BCUT2D eigenvalue weighted by Gasteiger charge is -2.07. The molecule has 1 N–H and O–H groups in total. The highest BCUT2D eigenvalue weighted by molar-refractivity contribution is 8.00. The first-order chi connectivity index (χ1) is 12.5. The van der Waals surface area contributed by atoms with Gasteiger partial charge in [0.15, 0.2) is 0 Å². The number of imidazole rings is 1. The summed E-state index contributed by atoms with van der Waals surface area (Å²) >= 11 is 1.51. The molecular formula is C20H23N3O2S. The Hall–Kier alpha value is -2.47. The zero-order valence-electron chi connectivity index (χ0n) is 15.3. The Bertz CT molecular complexity index is 987. The van der Waals surface area contributed by atoms with Crippen molar-refractivity contribution in [2.24, 2.45) is 0 Å². The number of anilines is 1. The van der Waals surface area contributed by atoms with Crippen molar-refractivity contribution in [3.8, 4) is 0 Å². The van der Waals surface area contributed by atoms with Crippen LogP contribution in [0.2, 0.25) is 0 Å². The van der Waals surface area contributed by atoms with E-state index in [1.807, 2.05) is 63.2 Å². The number of thioether (sulfide) groups is 1. The van der Waals surface area contributed by atoms with E-state index in [2.05, 4.69) is 5.32 Å². The van der Waals surface area contributed by atoms with Crippen LogP contribution < -0.4 is 11.0 Å². The summed E-state index contributed by atoms with van der Waals surface area (Å²) in [7, 11) is 0. The van der Waals surface area contributed by atoms with Gasteiger partial charge in [0.1, 0.15) is 0 Å². The lowest BCUT2D eigenvalue weighted by atomic mass is 10.2. The fourth-order valence-electron chi connectivity index (χ4n) is 2.99. The molecule has 0 radical (unpaired) electrons. The van der Waals surface area contributed by atoms with Gasteiger partial charge in [-0.2, -0.15) is 0 Å². The topological polar surface area (TPSA) is 56.0 Å². The number of rotatable bonds is 6. The molecular weight excluding hydrogens is 346 g/mol. The number of aromatic nitrogens is 2. The molecule has 1 heterocycles. The van der Waals surface area contributed by atoms with Gasteiger partial charge in [0.2, 0.25) is 5.91 Å². The summed E-state index contributed by atoms with van der Waals surface area (Å²) in [5.41, 5.74) is 3.65. The van der Waals surface area contributed by atoms with Gasteiger partial charge in [-0.25, -0.2) is 4.79 Å². The second kappa shape index (κ2) is 7.83. The van der Waals surface area contributed by atoms with E-state index in [-0.39, 0.29) is 11.6 Å². The van der Waals surface area contributed by atoms with Crippen LogP contribution in [0.4, 0.5) is 5.69 Å². The molecule has 0 fully saturated rings. The Balaban J connectivity index is 1.75. The smallest absolute Gasteiger partial charge is 0.325 e. The molecule has 3 rings (SSSR count). The third-order valence-electron chi connectivity index (χ3n) is 4.33. The quantitative estimate of drug-likeness (QED) is 0.671. The van der Waals surface area contributed by atoms with E-state index in [4.69, 9.17) is 0 Å². The Labute approximate surface area is 157 Å². The zero-order chi connectivity index (χ0) is 18.7. The molecule has 2 aromatic carbocycles. The molecule has 0 unspecified atom stereocenters. The highest BCUT2D eigenvalue weighted by Crippen LogP contribution is 2.21. The van der Waals surface area contributed by atoms with Gasteiger partial charge in [0.05, 0.1) is 16.8 Å². The number of nitrogens with zero attached hydrogens (tertiary/aromatic N) is 2. The predicted octanol–water partition coefficient (Wildman–Crippen LogP) is 3.88. The number of hydrogen-bond acceptors (Lipinski definition) is 3. The molecule has 6 heteroatoms. The molecule has 0 atom stereocenters. The first-order valence-electron chi connectivity index (χ1n) is 8.76. The summed E-state index contributed by atoms with van der Waals surface area (Å²) in [6.07, 6.45) is 0. The molecule has 0 aliphatic rings. The number of nitrogens with one attached hydrogen (secondary N) is 1. The third-order valence-corrected chi connectivity index (χ3v) is 5.34. The SMILES string of the molecule is CCn1c(=O)n(CC)c2cc(NC(=O)CSc3ccc(C)cc3)ccc21. The first kappa shape index (κ1) is 18.3. The second-order valence-corrected chi connectivity index (χ2v) is 7.17. The molecule has 26 heavy (non-hydrogen) atoms. The van der Waals surface area contributed by atoms with Crippen LogP contribution >= 0.6 is 11.8 Å². The minimum atomic E-state index is -0.0600. The monoisotopic (exact) mass is 369 g/mol. The van der Waals surface area contributed by atoms with Gasteiger partial charge in [-0.05, 0) is 51.1 Å². The van der Waals surface area contributed by atoms with Crippen molar-refractivity contribution in [1.29, 1.82) is 0 Å². The molecule has 3 aromatic rings. The van der Waals surface area contributed by atoms with E-state index in [0.29, 0.717) is 24.5 Å². The van der Waals surface area contributed by atoms with Crippen molar-refractivity contribution < 1.29 is 4.79 Å². The van der Waals surface area contributed by atoms with Crippen molar-refractivity contribution in [2.75, 3.05) is 11.1 Å². The normalized spacial score (nSPS) is 11.0. The van der Waals surface area contributed by atoms with Gasteiger partial charge in [0.25, 0.3) is 0 Å². The lowest BCUT2D eigenvalue weighted by molar-refractivity contribution is -0.113. The maximum atomic E-state index is 12.4. The summed E-state index contributed by atoms with van der Waals surface area (Å²) in [6, 6.07) is 13.7. The van der Waals surface area contributed by atoms with E-state index in [0.717, 1.165) is 15.9 Å². The largest absolute Gasteiger partial charge is 0.329 e. The minimum Gasteiger partial charge on any atom is -0.325 e. The van der Waals surface area contributed by atoms with Crippen LogP contribution in [-0.2, 0) is 17.9 Å². The Kier molecular flexibility index (Phi) is 5.52. The van der Waals surface area contributed by atoms with E-state index in [1.165, 1.54) is 17.3 Å². The van der Waals surface area contributed by atoms with Crippen LogP contribution in [0.5, 0.6) is 0 Å². The molecule has 0 aliphatic carbocycles. The van der Waals surface area contributed by atoms with Crippen molar-refractivity contribution in [1.82, 2.24) is 9.13 Å². The van der Waals surface area contributed by atoms with Gasteiger partial charge in [-0.1, -0.05) is 17.7 Å². The average molecular weight is 369 g/mol. The van der Waals surface area contributed by atoms with Crippen LogP contribution in [0.1, 0.15) is 19.4 Å². The summed E-state index contributed by atoms with van der Waals surface area (Å²) in [4.78, 5) is 25.7. The van der Waals surface area contributed by atoms with Crippen LogP contribution in [0.3, 0.4) is 0 Å². The van der Waals surface area contributed by atoms with Crippen LogP contribution in [-0.4, -0.2) is 20.8 Å². The molecule has 0 saturated heterocycles. The molecule has 0 saturated carbocycles. The number of carbonyl (C=O) groups excluding carboxylic acids is 1. The Morgan fingerprint density at radius 1 is 1.00 bits per heavy atom. The molecule has 0 spiro atoms. The number of amides is 1. The number of benzene rings is 2. The van der Waals surface area contributed by atoms with Crippen molar-refractivity contribution >= 4 is 34.4 Å². The van der Waals surface area contributed by atoms with Crippen LogP contribution in [0, 0.1) is 6.92 Å². The van der Waals surface area contributed by atoms with Gasteiger partial charge < -0.3 is 5.32 Å². The van der Waals surface area contributed by atoms with E-state index in [9.17, 15) is 9.59 Å². The van der Waals surface area contributed by atoms with Crippen molar-refractivity contribution in [3.05, 3.63) is 58.5 Å². The highest BCUT2D eigenvalue weighted by atomic mass is 32.2. The Morgan fingerprint density at radius 3 is 2.31 bits per heavy atom. The zero-order valence-corrected chi connectivity index (χ0v) is 16.1. The lowest BCUT2D eigenvalue weighted by Crippen LogP contribution is -2.23. The van der Waals surface area contributed by atoms with Crippen molar-refractivity contribution in [2.45, 2.75) is 38.8 Å². The van der Waals surface area contributed by atoms with Crippen LogP contribution in [0.25, 0.3) is 11.0 Å². The van der Waals surface area contributed by atoms with Gasteiger partial charge >= 0.3 is 5.69 Å². The third kappa shape index (κ3) is 3.70. The summed E-state index contributed by atoms with van der Waals surface area (Å²) < 4.78 is 3.48. The maximum Gasteiger partial charge on any atom is 0.329 e. The van der Waals surface area contributed by atoms with E-state index < -0.39 is 0 Å². The molecule has 136 valence electrons. The summed E-state index contributed by atoms with van der Waals surface area (Å²) in [6.45, 7) is 7.17. The Morgan fingerprint density at radius 2 is 1.65 bits per heavy atom. The maximum absolute atomic E-state index is 12.4. The average Bonchev–Trinajstić information content (AvgIpc) is 2.91. The number of aryl methyl sites for hydroxylation is 3. The fourth-order valence-corrected chi connectivity index (χ4v) is 3.69.